The van der Waals surface area contributed by atoms with Crippen LogP contribution in [-0.4, -0.2) is 81.9 Å². The zero-order chi connectivity index (χ0) is 23.4. The summed E-state index contributed by atoms with van der Waals surface area (Å²) in [7, 11) is 0. The van der Waals surface area contributed by atoms with Crippen molar-refractivity contribution in [3.8, 4) is 0 Å². The van der Waals surface area contributed by atoms with Gasteiger partial charge >= 0.3 is 0 Å². The van der Waals surface area contributed by atoms with E-state index in [4.69, 9.17) is 21.9 Å². The summed E-state index contributed by atoms with van der Waals surface area (Å²) in [5, 5.41) is 0. The standard InChI is InChI=1S/C23H29N5O3S2/c1-3-25-11-13-26(14-12-25)20-17(21(29)27-9-6-5-8-19(27)24-20)16-18-22(30)28(23(32)33-18)10-7-15-31-4-2/h5-6,8-9,16H,3-4,7,10-15H2,1-2H3/b18-16+. The molecule has 1 amide bonds. The van der Waals surface area contributed by atoms with Crippen LogP contribution in [-0.2, 0) is 9.53 Å². The summed E-state index contributed by atoms with van der Waals surface area (Å²) < 4.78 is 7.41. The topological polar surface area (TPSA) is 70.4 Å². The molecule has 0 aliphatic carbocycles. The molecular weight excluding hydrogens is 458 g/mol. The van der Waals surface area contributed by atoms with Crippen molar-refractivity contribution in [2.45, 2.75) is 20.3 Å². The monoisotopic (exact) mass is 487 g/mol. The molecular formula is C23H29N5O3S2. The van der Waals surface area contributed by atoms with E-state index in [1.165, 1.54) is 16.2 Å². The third-order valence-corrected chi connectivity index (χ3v) is 7.27. The lowest BCUT2D eigenvalue weighted by atomic mass is 10.2. The molecule has 0 N–H and O–H groups in total. The van der Waals surface area contributed by atoms with Crippen LogP contribution in [0.15, 0.2) is 34.1 Å². The molecule has 2 aliphatic heterocycles. The Hall–Kier alpha value is -2.27. The number of hydrogen-bond acceptors (Lipinski definition) is 8. The first kappa shape index (κ1) is 23.9. The summed E-state index contributed by atoms with van der Waals surface area (Å²) in [6, 6.07) is 5.50. The van der Waals surface area contributed by atoms with Crippen molar-refractivity contribution in [3.05, 3.63) is 45.2 Å². The first-order chi connectivity index (χ1) is 16.0. The summed E-state index contributed by atoms with van der Waals surface area (Å²) >= 11 is 6.69. The third-order valence-electron chi connectivity index (χ3n) is 5.89. The largest absolute Gasteiger partial charge is 0.382 e. The fourth-order valence-electron chi connectivity index (χ4n) is 4.03. The molecule has 33 heavy (non-hydrogen) atoms. The molecule has 0 unspecified atom stereocenters. The van der Waals surface area contributed by atoms with Gasteiger partial charge in [-0.3, -0.25) is 18.9 Å². The molecule has 0 saturated carbocycles. The van der Waals surface area contributed by atoms with Gasteiger partial charge in [0.25, 0.3) is 11.5 Å². The van der Waals surface area contributed by atoms with E-state index in [2.05, 4.69) is 16.7 Å². The molecule has 4 heterocycles. The highest BCUT2D eigenvalue weighted by Gasteiger charge is 2.32. The molecule has 4 rings (SSSR count). The highest BCUT2D eigenvalue weighted by molar-refractivity contribution is 8.26. The molecule has 0 radical (unpaired) electrons. The smallest absolute Gasteiger partial charge is 0.267 e. The Morgan fingerprint density at radius 2 is 1.97 bits per heavy atom. The van der Waals surface area contributed by atoms with E-state index in [9.17, 15) is 9.59 Å². The summed E-state index contributed by atoms with van der Waals surface area (Å²) in [6.45, 7) is 10.2. The molecule has 2 aromatic heterocycles. The second-order valence-electron chi connectivity index (χ2n) is 7.89. The Kier molecular flexibility index (Phi) is 7.79. The quantitative estimate of drug-likeness (QED) is 0.320. The Morgan fingerprint density at radius 1 is 1.18 bits per heavy atom. The predicted molar refractivity (Wildman–Crippen MR) is 137 cm³/mol. The van der Waals surface area contributed by atoms with Gasteiger partial charge in [0.15, 0.2) is 0 Å². The van der Waals surface area contributed by atoms with Crippen molar-refractivity contribution < 1.29 is 9.53 Å². The van der Waals surface area contributed by atoms with Crippen LogP contribution in [0.2, 0.25) is 0 Å². The lowest BCUT2D eigenvalue weighted by Gasteiger charge is -2.35. The number of anilines is 1. The van der Waals surface area contributed by atoms with Crippen LogP contribution in [0.4, 0.5) is 5.82 Å². The van der Waals surface area contributed by atoms with Gasteiger partial charge in [-0.2, -0.15) is 0 Å². The average molecular weight is 488 g/mol. The van der Waals surface area contributed by atoms with Crippen LogP contribution in [0.5, 0.6) is 0 Å². The van der Waals surface area contributed by atoms with Crippen LogP contribution < -0.4 is 10.5 Å². The van der Waals surface area contributed by atoms with E-state index < -0.39 is 0 Å². The van der Waals surface area contributed by atoms with Crippen molar-refractivity contribution in [2.24, 2.45) is 0 Å². The van der Waals surface area contributed by atoms with Crippen LogP contribution >= 0.6 is 24.0 Å². The third kappa shape index (κ3) is 5.13. The molecule has 2 aliphatic rings. The van der Waals surface area contributed by atoms with E-state index >= 15 is 0 Å². The first-order valence-electron chi connectivity index (χ1n) is 11.3. The minimum atomic E-state index is -0.185. The van der Waals surface area contributed by atoms with E-state index in [-0.39, 0.29) is 11.5 Å². The number of aromatic nitrogens is 2. The minimum Gasteiger partial charge on any atom is -0.382 e. The average Bonchev–Trinajstić information content (AvgIpc) is 3.10. The highest BCUT2D eigenvalue weighted by Crippen LogP contribution is 2.33. The number of thioether (sulfide) groups is 1. The fraction of sp³-hybridized carbons (Fsp3) is 0.478. The SMILES string of the molecule is CCOCCCN1C(=O)/C(=C\c2c(N3CCN(CC)CC3)nc3ccccn3c2=O)SC1=S. The Labute approximate surface area is 203 Å². The molecule has 2 aromatic rings. The second-order valence-corrected chi connectivity index (χ2v) is 9.56. The number of pyridine rings is 1. The number of thiocarbonyl (C=S) groups is 1. The number of likely N-dealkylation sites (N-methyl/N-ethyl adjacent to an activating group) is 1. The number of carbonyl (C=O) groups excluding carboxylic acids is 1. The maximum atomic E-state index is 13.5. The molecule has 8 nitrogen and oxygen atoms in total. The van der Waals surface area contributed by atoms with Gasteiger partial charge in [0, 0.05) is 52.1 Å². The molecule has 2 fully saturated rings. The van der Waals surface area contributed by atoms with E-state index in [0.29, 0.717) is 52.4 Å². The van der Waals surface area contributed by atoms with Gasteiger partial charge in [-0.1, -0.05) is 37.0 Å². The molecule has 10 heteroatoms. The van der Waals surface area contributed by atoms with E-state index in [1.54, 1.807) is 23.2 Å². The minimum absolute atomic E-state index is 0.166. The highest BCUT2D eigenvalue weighted by atomic mass is 32.2. The lowest BCUT2D eigenvalue weighted by molar-refractivity contribution is -0.122. The fourth-order valence-corrected chi connectivity index (χ4v) is 5.32. The number of carbonyl (C=O) groups is 1. The van der Waals surface area contributed by atoms with Gasteiger partial charge in [0.1, 0.15) is 15.8 Å². The first-order valence-corrected chi connectivity index (χ1v) is 12.6. The number of ether oxygens (including phenoxy) is 1. The van der Waals surface area contributed by atoms with Gasteiger partial charge in [-0.25, -0.2) is 4.98 Å². The number of piperazine rings is 1. The molecule has 2 saturated heterocycles. The Balaban J connectivity index is 1.68. The molecule has 0 spiro atoms. The summed E-state index contributed by atoms with van der Waals surface area (Å²) in [4.78, 5) is 38.0. The van der Waals surface area contributed by atoms with Crippen LogP contribution in [0, 0.1) is 0 Å². The van der Waals surface area contributed by atoms with Crippen molar-refractivity contribution in [1.29, 1.82) is 0 Å². The normalized spacial score (nSPS) is 18.8. The maximum Gasteiger partial charge on any atom is 0.267 e. The van der Waals surface area contributed by atoms with Gasteiger partial charge in [0.2, 0.25) is 0 Å². The van der Waals surface area contributed by atoms with Gasteiger partial charge in [-0.15, -0.1) is 0 Å². The number of hydrogen-bond donors (Lipinski definition) is 0. The van der Waals surface area contributed by atoms with Crippen LogP contribution in [0.1, 0.15) is 25.8 Å². The van der Waals surface area contributed by atoms with E-state index in [1.807, 2.05) is 19.1 Å². The Morgan fingerprint density at radius 3 is 2.70 bits per heavy atom. The summed E-state index contributed by atoms with van der Waals surface area (Å²) in [5.41, 5.74) is 0.838. The van der Waals surface area contributed by atoms with Crippen molar-refractivity contribution in [2.75, 3.05) is 57.4 Å². The number of nitrogens with zero attached hydrogens (tertiary/aromatic N) is 5. The Bertz CT molecular complexity index is 1120. The lowest BCUT2D eigenvalue weighted by Crippen LogP contribution is -2.47. The van der Waals surface area contributed by atoms with Crippen LogP contribution in [0.3, 0.4) is 0 Å². The van der Waals surface area contributed by atoms with Gasteiger partial charge in [-0.05, 0) is 38.1 Å². The maximum absolute atomic E-state index is 13.5. The zero-order valence-electron chi connectivity index (χ0n) is 19.0. The van der Waals surface area contributed by atoms with Crippen molar-refractivity contribution in [1.82, 2.24) is 19.2 Å². The molecule has 0 aromatic carbocycles. The predicted octanol–water partition coefficient (Wildman–Crippen LogP) is 2.46. The molecule has 0 atom stereocenters. The van der Waals surface area contributed by atoms with Gasteiger partial charge < -0.3 is 14.5 Å². The number of rotatable bonds is 8. The summed E-state index contributed by atoms with van der Waals surface area (Å²) in [6.07, 6.45) is 4.10. The van der Waals surface area contributed by atoms with E-state index in [0.717, 1.165) is 32.7 Å². The van der Waals surface area contributed by atoms with Crippen molar-refractivity contribution >= 4 is 51.7 Å². The molecule has 176 valence electrons. The van der Waals surface area contributed by atoms with Crippen molar-refractivity contribution in [3.63, 3.8) is 0 Å². The van der Waals surface area contributed by atoms with Crippen LogP contribution in [0.25, 0.3) is 11.7 Å². The van der Waals surface area contributed by atoms with Gasteiger partial charge in [0.05, 0.1) is 10.5 Å². The molecule has 0 bridgehead atoms. The second kappa shape index (κ2) is 10.8. The number of amides is 1. The summed E-state index contributed by atoms with van der Waals surface area (Å²) in [5.74, 6) is 0.462. The number of fused-ring (bicyclic) bond motifs is 1. The zero-order valence-corrected chi connectivity index (χ0v) is 20.7.